The lowest BCUT2D eigenvalue weighted by Gasteiger charge is -2.22. The molecule has 0 fully saturated rings. The molecule has 0 spiro atoms. The summed E-state index contributed by atoms with van der Waals surface area (Å²) < 4.78 is 12.9. The highest BCUT2D eigenvalue weighted by molar-refractivity contribution is 6.39. The number of nitrogens with zero attached hydrogens (tertiary/aromatic N) is 2. The molecule has 0 bridgehead atoms. The highest BCUT2D eigenvalue weighted by Crippen LogP contribution is 2.29. The lowest BCUT2D eigenvalue weighted by Crippen LogP contribution is -2.39. The molecule has 2 aromatic rings. The molecule has 1 N–H and O–H groups in total. The quantitative estimate of drug-likeness (QED) is 0.755. The molecule has 2 rings (SSSR count). The minimum absolute atomic E-state index is 0.00230. The van der Waals surface area contributed by atoms with Gasteiger partial charge in [-0.2, -0.15) is 0 Å². The number of likely N-dealkylation sites (N-methyl/N-ethyl adjacent to an activating group) is 2. The van der Waals surface area contributed by atoms with Crippen molar-refractivity contribution in [3.8, 4) is 0 Å². The van der Waals surface area contributed by atoms with Gasteiger partial charge < -0.3 is 10.2 Å². The van der Waals surface area contributed by atoms with Gasteiger partial charge in [-0.05, 0) is 36.9 Å². The van der Waals surface area contributed by atoms with E-state index in [0.717, 1.165) is 5.56 Å². The number of nitrogens with one attached hydrogen (secondary N) is 1. The molecular weight excluding hydrogens is 392 g/mol. The highest BCUT2D eigenvalue weighted by atomic mass is 35.5. The van der Waals surface area contributed by atoms with Gasteiger partial charge in [0.05, 0.1) is 28.8 Å². The summed E-state index contributed by atoms with van der Waals surface area (Å²) in [6, 6.07) is 10.9. The Morgan fingerprint density at radius 3 is 2.19 bits per heavy atom. The van der Waals surface area contributed by atoms with E-state index < -0.39 is 0 Å². The molecular formula is C19H20Cl2FN3O2. The molecule has 0 aromatic heterocycles. The van der Waals surface area contributed by atoms with Gasteiger partial charge in [0.25, 0.3) is 0 Å². The highest BCUT2D eigenvalue weighted by Gasteiger charge is 2.16. The number of carbonyl (C=O) groups excluding carboxylic acids is 2. The van der Waals surface area contributed by atoms with E-state index in [1.165, 1.54) is 17.0 Å². The van der Waals surface area contributed by atoms with Gasteiger partial charge in [0.2, 0.25) is 11.8 Å². The largest absolute Gasteiger partial charge is 0.340 e. The molecule has 0 radical (unpaired) electrons. The summed E-state index contributed by atoms with van der Waals surface area (Å²) in [5, 5.41) is 3.33. The first kappa shape index (κ1) is 21.2. The van der Waals surface area contributed by atoms with Crippen LogP contribution >= 0.6 is 23.2 Å². The second-order valence-corrected chi connectivity index (χ2v) is 7.01. The zero-order valence-electron chi connectivity index (χ0n) is 15.0. The normalized spacial score (nSPS) is 10.7. The summed E-state index contributed by atoms with van der Waals surface area (Å²) in [6.07, 6.45) is 0. The summed E-state index contributed by atoms with van der Waals surface area (Å²) in [5.41, 5.74) is 1.17. The van der Waals surface area contributed by atoms with Gasteiger partial charge >= 0.3 is 0 Å². The molecule has 0 saturated heterocycles. The van der Waals surface area contributed by atoms with Gasteiger partial charge in [-0.25, -0.2) is 4.39 Å². The monoisotopic (exact) mass is 411 g/mol. The van der Waals surface area contributed by atoms with E-state index in [0.29, 0.717) is 22.3 Å². The van der Waals surface area contributed by atoms with Crippen molar-refractivity contribution in [1.82, 2.24) is 9.80 Å². The van der Waals surface area contributed by atoms with Crippen LogP contribution in [0.3, 0.4) is 0 Å². The molecule has 5 nitrogen and oxygen atoms in total. The number of benzene rings is 2. The van der Waals surface area contributed by atoms with Crippen molar-refractivity contribution in [3.63, 3.8) is 0 Å². The number of hydrogen-bond donors (Lipinski definition) is 1. The fourth-order valence-electron chi connectivity index (χ4n) is 2.40. The number of hydrogen-bond acceptors (Lipinski definition) is 3. The number of halogens is 3. The predicted molar refractivity (Wildman–Crippen MR) is 105 cm³/mol. The fraction of sp³-hybridized carbons (Fsp3) is 0.263. The van der Waals surface area contributed by atoms with Crippen molar-refractivity contribution >= 4 is 40.7 Å². The van der Waals surface area contributed by atoms with E-state index in [1.807, 2.05) is 0 Å². The summed E-state index contributed by atoms with van der Waals surface area (Å²) >= 11 is 12.1. The maximum Gasteiger partial charge on any atom is 0.238 e. The lowest BCUT2D eigenvalue weighted by molar-refractivity contribution is -0.131. The van der Waals surface area contributed by atoms with Crippen molar-refractivity contribution in [2.24, 2.45) is 0 Å². The molecule has 2 aromatic carbocycles. The first-order valence-corrected chi connectivity index (χ1v) is 8.92. The van der Waals surface area contributed by atoms with Crippen molar-refractivity contribution in [3.05, 3.63) is 63.9 Å². The zero-order valence-corrected chi connectivity index (χ0v) is 16.5. The molecule has 0 atom stereocenters. The van der Waals surface area contributed by atoms with Crippen LogP contribution in [0, 0.1) is 5.82 Å². The Morgan fingerprint density at radius 1 is 1.00 bits per heavy atom. The number of rotatable bonds is 7. The van der Waals surface area contributed by atoms with Crippen LogP contribution in [0.2, 0.25) is 10.0 Å². The maximum atomic E-state index is 12.9. The van der Waals surface area contributed by atoms with Gasteiger partial charge in [-0.15, -0.1) is 0 Å². The second kappa shape index (κ2) is 9.69. The third-order valence-electron chi connectivity index (χ3n) is 3.80. The summed E-state index contributed by atoms with van der Waals surface area (Å²) in [6.45, 7) is 0.410. The first-order valence-electron chi connectivity index (χ1n) is 8.17. The molecule has 0 aliphatic heterocycles. The Kier molecular flexibility index (Phi) is 7.59. The van der Waals surface area contributed by atoms with Gasteiger partial charge in [0, 0.05) is 13.6 Å². The fourth-order valence-corrected chi connectivity index (χ4v) is 2.89. The Labute approximate surface area is 167 Å². The molecule has 2 amide bonds. The molecule has 0 saturated carbocycles. The van der Waals surface area contributed by atoms with Crippen LogP contribution in [0.4, 0.5) is 10.1 Å². The maximum absolute atomic E-state index is 12.9. The zero-order chi connectivity index (χ0) is 20.0. The standard InChI is InChI=1S/C19H20Cl2FN3O2/c1-24(11-17(26)23-19-15(20)4-3-5-16(19)21)12-18(27)25(2)10-13-6-8-14(22)9-7-13/h3-9H,10-12H2,1-2H3,(H,23,26). The molecule has 0 aliphatic rings. The van der Waals surface area contributed by atoms with E-state index in [-0.39, 0.29) is 30.7 Å². The van der Waals surface area contributed by atoms with Crippen molar-refractivity contribution in [1.29, 1.82) is 0 Å². The third-order valence-corrected chi connectivity index (χ3v) is 4.43. The van der Waals surface area contributed by atoms with Crippen molar-refractivity contribution in [2.45, 2.75) is 6.54 Å². The van der Waals surface area contributed by atoms with E-state index in [4.69, 9.17) is 23.2 Å². The van der Waals surface area contributed by atoms with Crippen LogP contribution in [-0.4, -0.2) is 48.8 Å². The Morgan fingerprint density at radius 2 is 1.59 bits per heavy atom. The van der Waals surface area contributed by atoms with Crippen LogP contribution in [0.25, 0.3) is 0 Å². The minimum atomic E-state index is -0.332. The smallest absolute Gasteiger partial charge is 0.238 e. The number of para-hydroxylation sites is 1. The number of anilines is 1. The van der Waals surface area contributed by atoms with Gasteiger partial charge in [-0.1, -0.05) is 41.4 Å². The lowest BCUT2D eigenvalue weighted by atomic mass is 10.2. The van der Waals surface area contributed by atoms with Crippen molar-refractivity contribution in [2.75, 3.05) is 32.5 Å². The predicted octanol–water partition coefficient (Wildman–Crippen LogP) is 3.66. The molecule has 27 heavy (non-hydrogen) atoms. The van der Waals surface area contributed by atoms with Crippen LogP contribution in [0.1, 0.15) is 5.56 Å². The van der Waals surface area contributed by atoms with E-state index in [1.54, 1.807) is 49.3 Å². The second-order valence-electron chi connectivity index (χ2n) is 6.19. The van der Waals surface area contributed by atoms with Crippen LogP contribution < -0.4 is 5.32 Å². The Balaban J connectivity index is 1.84. The molecule has 0 heterocycles. The average molecular weight is 412 g/mol. The molecule has 144 valence electrons. The molecule has 0 aliphatic carbocycles. The SMILES string of the molecule is CN(CC(=O)Nc1c(Cl)cccc1Cl)CC(=O)N(C)Cc1ccc(F)cc1. The number of amides is 2. The van der Waals surface area contributed by atoms with Gasteiger partial charge in [0.15, 0.2) is 0 Å². The Bertz CT molecular complexity index is 795. The Hall–Kier alpha value is -2.15. The number of carbonyl (C=O) groups is 2. The summed E-state index contributed by atoms with van der Waals surface area (Å²) in [5.74, 6) is -0.816. The van der Waals surface area contributed by atoms with Gasteiger partial charge in [-0.3, -0.25) is 14.5 Å². The average Bonchev–Trinajstić information content (AvgIpc) is 2.60. The topological polar surface area (TPSA) is 52.7 Å². The van der Waals surface area contributed by atoms with E-state index in [2.05, 4.69) is 5.32 Å². The van der Waals surface area contributed by atoms with E-state index >= 15 is 0 Å². The van der Waals surface area contributed by atoms with Crippen LogP contribution in [0.5, 0.6) is 0 Å². The van der Waals surface area contributed by atoms with E-state index in [9.17, 15) is 14.0 Å². The summed E-state index contributed by atoms with van der Waals surface area (Å²) in [4.78, 5) is 27.6. The summed E-state index contributed by atoms with van der Waals surface area (Å²) in [7, 11) is 3.32. The van der Waals surface area contributed by atoms with Crippen molar-refractivity contribution < 1.29 is 14.0 Å². The molecule has 0 unspecified atom stereocenters. The van der Waals surface area contributed by atoms with Gasteiger partial charge in [0.1, 0.15) is 5.82 Å². The first-order chi connectivity index (χ1) is 12.8. The molecule has 8 heteroatoms. The van der Waals surface area contributed by atoms with Crippen LogP contribution in [-0.2, 0) is 16.1 Å². The van der Waals surface area contributed by atoms with Crippen LogP contribution in [0.15, 0.2) is 42.5 Å². The minimum Gasteiger partial charge on any atom is -0.340 e. The third kappa shape index (κ3) is 6.50.